The maximum absolute atomic E-state index is 12.8. The average molecular weight is 457 g/mol. The summed E-state index contributed by atoms with van der Waals surface area (Å²) in [6, 6.07) is 12.4. The fraction of sp³-hybridized carbons (Fsp3) is 0.417. The molecule has 2 atom stereocenters. The molecule has 2 aliphatic heterocycles. The van der Waals surface area contributed by atoms with Gasteiger partial charge in [0.25, 0.3) is 5.91 Å². The predicted octanol–water partition coefficient (Wildman–Crippen LogP) is 3.45. The number of hydrogen-bond donors (Lipinski definition) is 1. The normalized spacial score (nSPS) is 20.8. The molecule has 0 aromatic heterocycles. The van der Waals surface area contributed by atoms with Gasteiger partial charge in [-0.2, -0.15) is 0 Å². The van der Waals surface area contributed by atoms with Crippen molar-refractivity contribution < 1.29 is 22.7 Å². The molecule has 2 unspecified atom stereocenters. The van der Waals surface area contributed by atoms with Crippen LogP contribution in [0.1, 0.15) is 42.6 Å². The number of likely N-dealkylation sites (tertiary alicyclic amines) is 1. The Kier molecular flexibility index (Phi) is 5.53. The topological polar surface area (TPSA) is 92.8 Å². The molecule has 2 aromatic rings. The van der Waals surface area contributed by atoms with E-state index in [9.17, 15) is 18.0 Å². The Hall–Kier alpha value is -2.87. The van der Waals surface area contributed by atoms with E-state index in [1.165, 1.54) is 6.26 Å². The highest BCUT2D eigenvalue weighted by molar-refractivity contribution is 7.90. The van der Waals surface area contributed by atoms with Gasteiger partial charge in [0.2, 0.25) is 0 Å². The highest BCUT2D eigenvalue weighted by Gasteiger charge is 2.41. The van der Waals surface area contributed by atoms with Crippen molar-refractivity contribution in [2.75, 3.05) is 25.9 Å². The van der Waals surface area contributed by atoms with E-state index in [1.807, 2.05) is 45.0 Å². The van der Waals surface area contributed by atoms with Crippen molar-refractivity contribution in [3.05, 3.63) is 53.6 Å². The standard InChI is InChI=1S/C24H28N2O5S/c1-24(2,3)31-23(28)26-13-17-12-25-22(27)20-11-16(8-9-19(20)21(17)14-26)15-6-5-7-18(10-15)32(4,29)30/h5-11,17,21H,12-14H2,1-4H3,(H,25,27). The number of ether oxygens (including phenoxy) is 1. The van der Waals surface area contributed by atoms with Crippen molar-refractivity contribution in [3.8, 4) is 11.1 Å². The third-order valence-electron chi connectivity index (χ3n) is 5.91. The Morgan fingerprint density at radius 2 is 1.81 bits per heavy atom. The summed E-state index contributed by atoms with van der Waals surface area (Å²) < 4.78 is 29.4. The minimum atomic E-state index is -3.34. The summed E-state index contributed by atoms with van der Waals surface area (Å²) in [6.45, 7) is 7.02. The summed E-state index contributed by atoms with van der Waals surface area (Å²) in [7, 11) is -3.34. The smallest absolute Gasteiger partial charge is 0.410 e. The molecule has 7 nitrogen and oxygen atoms in total. The second-order valence-corrected chi connectivity index (χ2v) is 11.6. The van der Waals surface area contributed by atoms with Gasteiger partial charge in [-0.05, 0) is 55.7 Å². The van der Waals surface area contributed by atoms with E-state index in [-0.39, 0.29) is 28.7 Å². The lowest BCUT2D eigenvalue weighted by Gasteiger charge is -2.24. The van der Waals surface area contributed by atoms with Gasteiger partial charge in [0.15, 0.2) is 9.84 Å². The van der Waals surface area contributed by atoms with E-state index in [1.54, 1.807) is 23.1 Å². The molecule has 0 spiro atoms. The lowest BCUT2D eigenvalue weighted by molar-refractivity contribution is 0.0287. The van der Waals surface area contributed by atoms with Crippen LogP contribution in [0.5, 0.6) is 0 Å². The van der Waals surface area contributed by atoms with E-state index in [0.29, 0.717) is 25.2 Å². The van der Waals surface area contributed by atoms with Crippen LogP contribution >= 0.6 is 0 Å². The van der Waals surface area contributed by atoms with Crippen molar-refractivity contribution in [1.29, 1.82) is 0 Å². The first-order valence-electron chi connectivity index (χ1n) is 10.6. The molecule has 2 amide bonds. The van der Waals surface area contributed by atoms with Crippen molar-refractivity contribution in [2.24, 2.45) is 5.92 Å². The zero-order valence-electron chi connectivity index (χ0n) is 18.7. The van der Waals surface area contributed by atoms with Gasteiger partial charge >= 0.3 is 6.09 Å². The van der Waals surface area contributed by atoms with Crippen LogP contribution in [0.3, 0.4) is 0 Å². The number of amides is 2. The first kappa shape index (κ1) is 22.3. The molecular weight excluding hydrogens is 428 g/mol. The molecule has 1 N–H and O–H groups in total. The molecule has 2 heterocycles. The third kappa shape index (κ3) is 4.50. The largest absolute Gasteiger partial charge is 0.444 e. The molecule has 0 aliphatic carbocycles. The van der Waals surface area contributed by atoms with E-state index in [4.69, 9.17) is 4.74 Å². The third-order valence-corrected chi connectivity index (χ3v) is 7.02. The summed E-state index contributed by atoms with van der Waals surface area (Å²) in [5.74, 6) is -0.0284. The molecule has 1 fully saturated rings. The molecule has 1 saturated heterocycles. The van der Waals surface area contributed by atoms with E-state index in [0.717, 1.165) is 16.7 Å². The Morgan fingerprint density at radius 1 is 1.09 bits per heavy atom. The predicted molar refractivity (Wildman–Crippen MR) is 121 cm³/mol. The quantitative estimate of drug-likeness (QED) is 0.747. The molecule has 2 aliphatic rings. The monoisotopic (exact) mass is 456 g/mol. The Bertz CT molecular complexity index is 1180. The number of fused-ring (bicyclic) bond motifs is 3. The number of nitrogens with zero attached hydrogens (tertiary/aromatic N) is 1. The second kappa shape index (κ2) is 7.92. The first-order valence-corrected chi connectivity index (χ1v) is 12.5. The van der Waals surface area contributed by atoms with Crippen molar-refractivity contribution in [2.45, 2.75) is 37.2 Å². The van der Waals surface area contributed by atoms with Gasteiger partial charge in [-0.3, -0.25) is 4.79 Å². The van der Waals surface area contributed by atoms with Crippen LogP contribution in [0.2, 0.25) is 0 Å². The summed E-state index contributed by atoms with van der Waals surface area (Å²) >= 11 is 0. The number of rotatable bonds is 2. The molecule has 0 bridgehead atoms. The number of hydrogen-bond acceptors (Lipinski definition) is 5. The Morgan fingerprint density at radius 3 is 2.50 bits per heavy atom. The van der Waals surface area contributed by atoms with Crippen LogP contribution in [-0.4, -0.2) is 56.8 Å². The summed E-state index contributed by atoms with van der Waals surface area (Å²) in [4.78, 5) is 27.4. The number of carbonyl (C=O) groups is 2. The number of carbonyl (C=O) groups excluding carboxylic acids is 2. The van der Waals surface area contributed by atoms with Gasteiger partial charge in [0.05, 0.1) is 4.90 Å². The van der Waals surface area contributed by atoms with Gasteiger partial charge < -0.3 is 15.0 Å². The maximum atomic E-state index is 12.8. The highest BCUT2D eigenvalue weighted by atomic mass is 32.2. The Balaban J connectivity index is 1.66. The van der Waals surface area contributed by atoms with Crippen LogP contribution in [0.15, 0.2) is 47.4 Å². The van der Waals surface area contributed by atoms with Crippen LogP contribution in [0.4, 0.5) is 4.79 Å². The number of benzene rings is 2. The lowest BCUT2D eigenvalue weighted by atomic mass is 9.86. The minimum Gasteiger partial charge on any atom is -0.444 e. The lowest BCUT2D eigenvalue weighted by Crippen LogP contribution is -2.36. The molecule has 4 rings (SSSR count). The van der Waals surface area contributed by atoms with Gasteiger partial charge in [-0.1, -0.05) is 24.3 Å². The van der Waals surface area contributed by atoms with E-state index < -0.39 is 15.4 Å². The molecular formula is C24H28N2O5S. The van der Waals surface area contributed by atoms with Crippen LogP contribution in [0.25, 0.3) is 11.1 Å². The highest BCUT2D eigenvalue weighted by Crippen LogP contribution is 2.38. The molecule has 0 saturated carbocycles. The first-order chi connectivity index (χ1) is 14.9. The maximum Gasteiger partial charge on any atom is 0.410 e. The summed E-state index contributed by atoms with van der Waals surface area (Å²) in [6.07, 6.45) is 0.834. The van der Waals surface area contributed by atoms with Crippen LogP contribution < -0.4 is 5.32 Å². The Labute approximate surface area is 188 Å². The van der Waals surface area contributed by atoms with Gasteiger partial charge in [0, 0.05) is 43.3 Å². The van der Waals surface area contributed by atoms with Gasteiger partial charge in [-0.25, -0.2) is 13.2 Å². The SMILES string of the molecule is CC(C)(C)OC(=O)N1CC2CNC(=O)c3cc(-c4cccc(S(C)(=O)=O)c4)ccc3C2C1. The summed E-state index contributed by atoms with van der Waals surface area (Å²) in [5, 5.41) is 2.98. The number of sulfone groups is 1. The zero-order valence-corrected chi connectivity index (χ0v) is 19.5. The average Bonchev–Trinajstić information content (AvgIpc) is 3.09. The molecule has 170 valence electrons. The fourth-order valence-electron chi connectivity index (χ4n) is 4.39. The van der Waals surface area contributed by atoms with Gasteiger partial charge in [-0.15, -0.1) is 0 Å². The summed E-state index contributed by atoms with van der Waals surface area (Å²) in [5.41, 5.74) is 2.39. The van der Waals surface area contributed by atoms with Crippen molar-refractivity contribution in [1.82, 2.24) is 10.2 Å². The fourth-order valence-corrected chi connectivity index (χ4v) is 5.05. The molecule has 0 radical (unpaired) electrons. The molecule has 8 heteroatoms. The van der Waals surface area contributed by atoms with Crippen LogP contribution in [-0.2, 0) is 14.6 Å². The number of nitrogens with one attached hydrogen (secondary N) is 1. The van der Waals surface area contributed by atoms with Crippen LogP contribution in [0, 0.1) is 5.92 Å². The minimum absolute atomic E-state index is 0.0212. The van der Waals surface area contributed by atoms with Crippen molar-refractivity contribution >= 4 is 21.8 Å². The molecule has 32 heavy (non-hydrogen) atoms. The van der Waals surface area contributed by atoms with E-state index >= 15 is 0 Å². The second-order valence-electron chi connectivity index (χ2n) is 9.56. The van der Waals surface area contributed by atoms with Crippen molar-refractivity contribution in [3.63, 3.8) is 0 Å². The van der Waals surface area contributed by atoms with E-state index in [2.05, 4.69) is 5.32 Å². The zero-order chi connectivity index (χ0) is 23.3. The molecule has 2 aromatic carbocycles. The van der Waals surface area contributed by atoms with Gasteiger partial charge in [0.1, 0.15) is 5.60 Å².